The first-order chi connectivity index (χ1) is 14.3. The van der Waals surface area contributed by atoms with Crippen molar-refractivity contribution >= 4 is 0 Å². The molecule has 0 saturated heterocycles. The molecule has 0 spiro atoms. The van der Waals surface area contributed by atoms with Crippen molar-refractivity contribution in [2.24, 2.45) is 0 Å². The summed E-state index contributed by atoms with van der Waals surface area (Å²) in [5.41, 5.74) is 0. The van der Waals surface area contributed by atoms with Crippen LogP contribution in [0.3, 0.4) is 0 Å². The zero-order valence-electron chi connectivity index (χ0n) is 19.0. The average Bonchev–Trinajstić information content (AvgIpc) is 2.73. The maximum absolute atomic E-state index is 5.74. The topological polar surface area (TPSA) is 55.4 Å². The molecule has 6 heteroatoms. The largest absolute Gasteiger partial charge is 0.487 e. The van der Waals surface area contributed by atoms with Crippen molar-refractivity contribution in [3.05, 3.63) is 24.3 Å². The highest BCUT2D eigenvalue weighted by molar-refractivity contribution is 5.39. The molecule has 0 bridgehead atoms. The number of para-hydroxylation sites is 2. The Morgan fingerprint density at radius 1 is 0.483 bits per heavy atom. The molecule has 0 aliphatic rings. The highest BCUT2D eigenvalue weighted by atomic mass is 16.6. The third-order valence-corrected chi connectivity index (χ3v) is 3.26. The summed E-state index contributed by atoms with van der Waals surface area (Å²) >= 11 is 0. The molecule has 1 aromatic carbocycles. The summed E-state index contributed by atoms with van der Waals surface area (Å²) in [5, 5.41) is 0. The van der Waals surface area contributed by atoms with Crippen molar-refractivity contribution in [1.82, 2.24) is 0 Å². The number of hydrogen-bond donors (Lipinski definition) is 0. The molecule has 0 radical (unpaired) electrons. The van der Waals surface area contributed by atoms with Gasteiger partial charge in [0.15, 0.2) is 11.5 Å². The van der Waals surface area contributed by atoms with E-state index in [1.165, 1.54) is 6.42 Å². The summed E-state index contributed by atoms with van der Waals surface area (Å²) in [6.07, 6.45) is 3.30. The van der Waals surface area contributed by atoms with Crippen molar-refractivity contribution in [2.75, 3.05) is 66.1 Å². The fraction of sp³-hybridized carbons (Fsp3) is 0.739. The van der Waals surface area contributed by atoms with Gasteiger partial charge in [-0.15, -0.1) is 0 Å². The Balaban J connectivity index is 0.00000245. The van der Waals surface area contributed by atoms with Gasteiger partial charge >= 0.3 is 0 Å². The van der Waals surface area contributed by atoms with E-state index < -0.39 is 0 Å². The summed E-state index contributed by atoms with van der Waals surface area (Å²) in [6, 6.07) is 7.62. The first kappa shape index (κ1) is 27.7. The average molecular weight is 415 g/mol. The fourth-order valence-corrected chi connectivity index (χ4v) is 2.04. The molecular weight excluding hydrogens is 372 g/mol. The molecule has 0 unspecified atom stereocenters. The maximum atomic E-state index is 5.74. The third kappa shape index (κ3) is 18.4. The van der Waals surface area contributed by atoms with Gasteiger partial charge in [-0.2, -0.15) is 0 Å². The van der Waals surface area contributed by atoms with E-state index >= 15 is 0 Å². The van der Waals surface area contributed by atoms with Gasteiger partial charge in [0.05, 0.1) is 39.6 Å². The molecule has 0 aliphatic heterocycles. The van der Waals surface area contributed by atoms with Gasteiger partial charge in [-0.3, -0.25) is 0 Å². The first-order valence-electron chi connectivity index (χ1n) is 11.0. The van der Waals surface area contributed by atoms with E-state index in [4.69, 9.17) is 28.4 Å². The van der Waals surface area contributed by atoms with E-state index in [-0.39, 0.29) is 0 Å². The summed E-state index contributed by atoms with van der Waals surface area (Å²) in [4.78, 5) is 0. The second-order valence-electron chi connectivity index (χ2n) is 6.30. The zero-order chi connectivity index (χ0) is 21.4. The first-order valence-corrected chi connectivity index (χ1v) is 11.0. The zero-order valence-corrected chi connectivity index (χ0v) is 19.0. The SMILES string of the molecule is CCC.CCCOCCOCCOc1ccccc1OCCOCCOCCC. The van der Waals surface area contributed by atoms with Gasteiger partial charge in [0, 0.05) is 13.2 Å². The van der Waals surface area contributed by atoms with Crippen molar-refractivity contribution in [3.8, 4) is 11.5 Å². The Bertz CT molecular complexity index is 402. The minimum atomic E-state index is 0.472. The minimum absolute atomic E-state index is 0.472. The van der Waals surface area contributed by atoms with E-state index in [0.29, 0.717) is 64.4 Å². The molecule has 0 heterocycles. The van der Waals surface area contributed by atoms with E-state index in [2.05, 4.69) is 27.7 Å². The molecule has 1 rings (SSSR count). The van der Waals surface area contributed by atoms with Crippen LogP contribution in [0.15, 0.2) is 24.3 Å². The van der Waals surface area contributed by atoms with Crippen LogP contribution in [-0.4, -0.2) is 66.1 Å². The highest BCUT2D eigenvalue weighted by Crippen LogP contribution is 2.26. The van der Waals surface area contributed by atoms with Gasteiger partial charge < -0.3 is 28.4 Å². The summed E-state index contributed by atoms with van der Waals surface area (Å²) in [6.45, 7) is 14.4. The number of hydrogen-bond acceptors (Lipinski definition) is 6. The van der Waals surface area contributed by atoms with Crippen LogP contribution in [-0.2, 0) is 18.9 Å². The lowest BCUT2D eigenvalue weighted by Crippen LogP contribution is -2.13. The lowest BCUT2D eigenvalue weighted by molar-refractivity contribution is 0.0333. The lowest BCUT2D eigenvalue weighted by Gasteiger charge is -2.13. The van der Waals surface area contributed by atoms with Crippen LogP contribution >= 0.6 is 0 Å². The maximum Gasteiger partial charge on any atom is 0.161 e. The normalized spacial score (nSPS) is 10.3. The molecule has 6 nitrogen and oxygen atoms in total. The van der Waals surface area contributed by atoms with Crippen LogP contribution in [0.25, 0.3) is 0 Å². The van der Waals surface area contributed by atoms with Gasteiger partial charge in [0.1, 0.15) is 13.2 Å². The monoisotopic (exact) mass is 414 g/mol. The molecule has 0 atom stereocenters. The third-order valence-electron chi connectivity index (χ3n) is 3.26. The minimum Gasteiger partial charge on any atom is -0.487 e. The van der Waals surface area contributed by atoms with Gasteiger partial charge in [0.2, 0.25) is 0 Å². The molecule has 0 saturated carbocycles. The molecule has 0 N–H and O–H groups in total. The highest BCUT2D eigenvalue weighted by Gasteiger charge is 2.04. The predicted molar refractivity (Wildman–Crippen MR) is 117 cm³/mol. The van der Waals surface area contributed by atoms with E-state index in [0.717, 1.165) is 26.1 Å². The van der Waals surface area contributed by atoms with Crippen molar-refractivity contribution in [1.29, 1.82) is 0 Å². The Morgan fingerprint density at radius 2 is 0.793 bits per heavy atom. The van der Waals surface area contributed by atoms with Crippen LogP contribution < -0.4 is 9.47 Å². The molecule has 29 heavy (non-hydrogen) atoms. The molecule has 1 aromatic rings. The van der Waals surface area contributed by atoms with Crippen molar-refractivity contribution in [3.63, 3.8) is 0 Å². The smallest absolute Gasteiger partial charge is 0.161 e. The predicted octanol–water partition coefficient (Wildman–Crippen LogP) is 4.75. The molecular formula is C23H42O6. The van der Waals surface area contributed by atoms with Gasteiger partial charge in [-0.25, -0.2) is 0 Å². The lowest BCUT2D eigenvalue weighted by atomic mass is 10.3. The number of rotatable bonds is 18. The molecule has 170 valence electrons. The van der Waals surface area contributed by atoms with Crippen LogP contribution in [0, 0.1) is 0 Å². The second-order valence-corrected chi connectivity index (χ2v) is 6.30. The Morgan fingerprint density at radius 3 is 1.14 bits per heavy atom. The van der Waals surface area contributed by atoms with E-state index in [1.807, 2.05) is 24.3 Å². The molecule has 0 aromatic heterocycles. The van der Waals surface area contributed by atoms with Crippen LogP contribution in [0.2, 0.25) is 0 Å². The summed E-state index contributed by atoms with van der Waals surface area (Å²) < 4.78 is 33.1. The van der Waals surface area contributed by atoms with Crippen molar-refractivity contribution < 1.29 is 28.4 Å². The number of benzene rings is 1. The van der Waals surface area contributed by atoms with Crippen molar-refractivity contribution in [2.45, 2.75) is 47.0 Å². The molecule has 0 amide bonds. The van der Waals surface area contributed by atoms with Gasteiger partial charge in [-0.1, -0.05) is 46.2 Å². The van der Waals surface area contributed by atoms with E-state index in [1.54, 1.807) is 0 Å². The van der Waals surface area contributed by atoms with E-state index in [9.17, 15) is 0 Å². The van der Waals surface area contributed by atoms with Gasteiger partial charge in [0.25, 0.3) is 0 Å². The Labute approximate surface area is 177 Å². The Hall–Kier alpha value is -1.34. The van der Waals surface area contributed by atoms with Crippen LogP contribution in [0.5, 0.6) is 11.5 Å². The fourth-order valence-electron chi connectivity index (χ4n) is 2.04. The quantitative estimate of drug-likeness (QED) is 0.323. The molecule has 0 aliphatic carbocycles. The second kappa shape index (κ2) is 22.9. The molecule has 0 fully saturated rings. The van der Waals surface area contributed by atoms with Crippen LogP contribution in [0.4, 0.5) is 0 Å². The standard InChI is InChI=1S/C20H34O6.C3H8/c1-3-9-21-11-13-23-15-17-25-19-7-5-6-8-20(19)26-18-16-24-14-12-22-10-4-2;1-3-2/h5-8H,3-4,9-18H2,1-2H3;3H2,1-2H3. The van der Waals surface area contributed by atoms with Gasteiger partial charge in [-0.05, 0) is 25.0 Å². The Kier molecular flexibility index (Phi) is 21.9. The summed E-state index contributed by atoms with van der Waals surface area (Å²) in [5.74, 6) is 1.43. The summed E-state index contributed by atoms with van der Waals surface area (Å²) in [7, 11) is 0. The number of ether oxygens (including phenoxy) is 6. The van der Waals surface area contributed by atoms with Crippen LogP contribution in [0.1, 0.15) is 47.0 Å².